The van der Waals surface area contributed by atoms with Crippen LogP contribution < -0.4 is 5.32 Å². The third-order valence-corrected chi connectivity index (χ3v) is 5.28. The number of thiophene rings is 1. The molecule has 0 bridgehead atoms. The van der Waals surface area contributed by atoms with E-state index in [1.807, 2.05) is 30.2 Å². The number of likely N-dealkylation sites (tertiary alicyclic amines) is 1. The lowest BCUT2D eigenvalue weighted by atomic mass is 10.2. The van der Waals surface area contributed by atoms with Crippen LogP contribution in [0.5, 0.6) is 0 Å². The molecule has 1 N–H and O–H groups in total. The summed E-state index contributed by atoms with van der Waals surface area (Å²) in [7, 11) is 0. The minimum absolute atomic E-state index is 0.0106. The molecule has 1 fully saturated rings. The highest BCUT2D eigenvalue weighted by molar-refractivity contribution is 7.12. The van der Waals surface area contributed by atoms with Crippen molar-refractivity contribution in [1.29, 1.82) is 0 Å². The van der Waals surface area contributed by atoms with Gasteiger partial charge in [-0.05, 0) is 37.3 Å². The van der Waals surface area contributed by atoms with Crippen molar-refractivity contribution in [3.63, 3.8) is 0 Å². The molecule has 3 heterocycles. The minimum atomic E-state index is -0.861. The van der Waals surface area contributed by atoms with Gasteiger partial charge in [0.15, 0.2) is 0 Å². The van der Waals surface area contributed by atoms with Crippen LogP contribution in [0.25, 0.3) is 0 Å². The number of nitrogens with zero attached hydrogens (tertiary/aromatic N) is 2. The molecule has 0 aliphatic carbocycles. The Morgan fingerprint density at radius 3 is 3.04 bits per heavy atom. The molecule has 2 atom stereocenters. The van der Waals surface area contributed by atoms with Crippen molar-refractivity contribution in [2.24, 2.45) is 0 Å². The fourth-order valence-electron chi connectivity index (χ4n) is 2.91. The first kappa shape index (κ1) is 16.1. The second-order valence-corrected chi connectivity index (χ2v) is 6.88. The maximum atomic E-state index is 13.8. The van der Waals surface area contributed by atoms with Crippen LogP contribution in [0.15, 0.2) is 22.2 Å². The lowest BCUT2D eigenvalue weighted by Gasteiger charge is -2.23. The quantitative estimate of drug-likeness (QED) is 0.911. The van der Waals surface area contributed by atoms with E-state index in [0.717, 1.165) is 21.8 Å². The highest BCUT2D eigenvalue weighted by Crippen LogP contribution is 2.23. The predicted octanol–water partition coefficient (Wildman–Crippen LogP) is 2.70. The van der Waals surface area contributed by atoms with Gasteiger partial charge < -0.3 is 9.84 Å². The number of alkyl halides is 1. The molecular formula is C16H20FN3O2S. The summed E-state index contributed by atoms with van der Waals surface area (Å²) < 4.78 is 18.9. The zero-order chi connectivity index (χ0) is 16.4. The number of nitrogens with one attached hydrogen (secondary N) is 1. The third-order valence-electron chi connectivity index (χ3n) is 4.27. The van der Waals surface area contributed by atoms with Crippen LogP contribution in [-0.2, 0) is 6.54 Å². The molecule has 7 heteroatoms. The molecule has 3 rings (SSSR count). The van der Waals surface area contributed by atoms with E-state index in [1.54, 1.807) is 6.20 Å². The summed E-state index contributed by atoms with van der Waals surface area (Å²) in [4.78, 5) is 15.0. The highest BCUT2D eigenvalue weighted by atomic mass is 32.1. The smallest absolute Gasteiger partial charge is 0.261 e. The average Bonchev–Trinajstić information content (AvgIpc) is 3.19. The topological polar surface area (TPSA) is 58.4 Å². The Morgan fingerprint density at radius 1 is 1.57 bits per heavy atom. The maximum absolute atomic E-state index is 13.8. The zero-order valence-electron chi connectivity index (χ0n) is 13.2. The van der Waals surface area contributed by atoms with Gasteiger partial charge in [0.25, 0.3) is 5.91 Å². The lowest BCUT2D eigenvalue weighted by Crippen LogP contribution is -2.39. The Kier molecular flexibility index (Phi) is 4.77. The van der Waals surface area contributed by atoms with Crippen LogP contribution in [0.1, 0.15) is 33.0 Å². The number of hydrogen-bond donors (Lipinski definition) is 1. The van der Waals surface area contributed by atoms with Crippen molar-refractivity contribution in [3.05, 3.63) is 39.4 Å². The lowest BCUT2D eigenvalue weighted by molar-refractivity contribution is 0.0943. The van der Waals surface area contributed by atoms with Crippen LogP contribution in [0, 0.1) is 13.8 Å². The number of rotatable bonds is 5. The Hall–Kier alpha value is -1.73. The van der Waals surface area contributed by atoms with E-state index >= 15 is 0 Å². The molecule has 23 heavy (non-hydrogen) atoms. The summed E-state index contributed by atoms with van der Waals surface area (Å²) >= 11 is 1.43. The number of carbonyl (C=O) groups excluding carboxylic acids is 1. The van der Waals surface area contributed by atoms with E-state index in [1.165, 1.54) is 11.3 Å². The van der Waals surface area contributed by atoms with Gasteiger partial charge in [-0.25, -0.2) is 4.39 Å². The van der Waals surface area contributed by atoms with Crippen LogP contribution in [0.4, 0.5) is 4.39 Å². The van der Waals surface area contributed by atoms with E-state index in [2.05, 4.69) is 10.5 Å². The van der Waals surface area contributed by atoms with Gasteiger partial charge in [0.05, 0.1) is 11.1 Å². The van der Waals surface area contributed by atoms with Crippen LogP contribution in [0.2, 0.25) is 0 Å². The monoisotopic (exact) mass is 337 g/mol. The fourth-order valence-corrected chi connectivity index (χ4v) is 3.76. The Balaban J connectivity index is 1.60. The second kappa shape index (κ2) is 6.80. The molecule has 1 aliphatic rings. The number of aromatic nitrogens is 1. The Bertz CT molecular complexity index is 684. The molecule has 0 spiro atoms. The number of halogens is 1. The van der Waals surface area contributed by atoms with Gasteiger partial charge in [-0.15, -0.1) is 11.3 Å². The van der Waals surface area contributed by atoms with E-state index < -0.39 is 6.17 Å². The second-order valence-electron chi connectivity index (χ2n) is 5.97. The van der Waals surface area contributed by atoms with Crippen molar-refractivity contribution in [2.75, 3.05) is 13.1 Å². The summed E-state index contributed by atoms with van der Waals surface area (Å²) in [5, 5.41) is 8.60. The summed E-state index contributed by atoms with van der Waals surface area (Å²) in [5.41, 5.74) is 1.93. The maximum Gasteiger partial charge on any atom is 0.261 e. The molecule has 5 nitrogen and oxygen atoms in total. The van der Waals surface area contributed by atoms with Crippen molar-refractivity contribution >= 4 is 17.2 Å². The van der Waals surface area contributed by atoms with Gasteiger partial charge in [-0.1, -0.05) is 5.16 Å². The standard InChI is InChI=1S/C16H20FN3O2S/c1-10-3-4-23-15(10)16(21)18-7-14-5-13(17)9-20(14)8-12-6-19-22-11(12)2/h3-4,6,13-14H,5,7-9H2,1-2H3,(H,18,21)/t13-,14-/m0/s1. The summed E-state index contributed by atoms with van der Waals surface area (Å²) in [6.07, 6.45) is 1.25. The van der Waals surface area contributed by atoms with E-state index in [0.29, 0.717) is 26.1 Å². The first-order valence-corrected chi connectivity index (χ1v) is 8.53. The van der Waals surface area contributed by atoms with Gasteiger partial charge in [-0.2, -0.15) is 0 Å². The number of carbonyl (C=O) groups is 1. The van der Waals surface area contributed by atoms with Crippen molar-refractivity contribution in [1.82, 2.24) is 15.4 Å². The third kappa shape index (κ3) is 3.61. The van der Waals surface area contributed by atoms with Gasteiger partial charge in [0, 0.05) is 31.2 Å². The van der Waals surface area contributed by atoms with Crippen LogP contribution in [-0.4, -0.2) is 41.3 Å². The minimum Gasteiger partial charge on any atom is -0.361 e. The summed E-state index contributed by atoms with van der Waals surface area (Å²) in [6.45, 7) is 5.18. The van der Waals surface area contributed by atoms with Crippen molar-refractivity contribution in [2.45, 2.75) is 39.0 Å². The molecule has 0 saturated carbocycles. The van der Waals surface area contributed by atoms with Crippen molar-refractivity contribution < 1.29 is 13.7 Å². The highest BCUT2D eigenvalue weighted by Gasteiger charge is 2.33. The normalized spacial score (nSPS) is 21.7. The molecule has 124 valence electrons. The van der Waals surface area contributed by atoms with Gasteiger partial charge in [0.1, 0.15) is 11.9 Å². The number of aryl methyl sites for hydroxylation is 2. The SMILES string of the molecule is Cc1ccsc1C(=O)NC[C@@H]1C[C@H](F)CN1Cc1cnoc1C. The molecule has 1 aliphatic heterocycles. The van der Waals surface area contributed by atoms with Crippen LogP contribution >= 0.6 is 11.3 Å². The first-order chi connectivity index (χ1) is 11.0. The Morgan fingerprint density at radius 2 is 2.39 bits per heavy atom. The number of amides is 1. The van der Waals surface area contributed by atoms with Crippen LogP contribution in [0.3, 0.4) is 0 Å². The largest absolute Gasteiger partial charge is 0.361 e. The molecule has 0 aromatic carbocycles. The van der Waals surface area contributed by atoms with E-state index in [-0.39, 0.29) is 11.9 Å². The number of hydrogen-bond acceptors (Lipinski definition) is 5. The fraction of sp³-hybridized carbons (Fsp3) is 0.500. The van der Waals surface area contributed by atoms with Gasteiger partial charge in [0.2, 0.25) is 0 Å². The molecule has 1 saturated heterocycles. The van der Waals surface area contributed by atoms with E-state index in [9.17, 15) is 9.18 Å². The summed E-state index contributed by atoms with van der Waals surface area (Å²) in [6, 6.07) is 1.91. The molecule has 1 amide bonds. The zero-order valence-corrected chi connectivity index (χ0v) is 14.0. The molecule has 2 aromatic heterocycles. The summed E-state index contributed by atoms with van der Waals surface area (Å²) in [5.74, 6) is 0.672. The first-order valence-electron chi connectivity index (χ1n) is 7.65. The molecule has 0 radical (unpaired) electrons. The van der Waals surface area contributed by atoms with Gasteiger partial charge in [-0.3, -0.25) is 9.69 Å². The van der Waals surface area contributed by atoms with Gasteiger partial charge >= 0.3 is 0 Å². The predicted molar refractivity (Wildman–Crippen MR) is 86.3 cm³/mol. The molecule has 0 unspecified atom stereocenters. The average molecular weight is 337 g/mol. The Labute approximate surface area is 138 Å². The molecular weight excluding hydrogens is 317 g/mol. The van der Waals surface area contributed by atoms with E-state index in [4.69, 9.17) is 4.52 Å². The molecule has 2 aromatic rings. The van der Waals surface area contributed by atoms with Crippen molar-refractivity contribution in [3.8, 4) is 0 Å².